The molecule has 1 atom stereocenters. The molecular formula is C29H37N3O3. The summed E-state index contributed by atoms with van der Waals surface area (Å²) in [4.78, 5) is 19.4. The summed E-state index contributed by atoms with van der Waals surface area (Å²) in [5.41, 5.74) is 8.09. The smallest absolute Gasteiger partial charge is 0.254 e. The molecule has 1 amide bonds. The van der Waals surface area contributed by atoms with Crippen LogP contribution in [-0.2, 0) is 22.5 Å². The monoisotopic (exact) mass is 475 g/mol. The van der Waals surface area contributed by atoms with E-state index >= 15 is 0 Å². The summed E-state index contributed by atoms with van der Waals surface area (Å²) in [7, 11) is 0. The zero-order chi connectivity index (χ0) is 24.7. The molecule has 2 fully saturated rings. The molecule has 1 saturated heterocycles. The number of fused-ring (bicyclic) bond motifs is 1. The van der Waals surface area contributed by atoms with Gasteiger partial charge in [-0.1, -0.05) is 12.1 Å². The molecular weight excluding hydrogens is 438 g/mol. The van der Waals surface area contributed by atoms with Gasteiger partial charge in [-0.2, -0.15) is 0 Å². The molecule has 1 saturated carbocycles. The standard InChI is InChI=1S/C29H37N3O3/c1-18(11-20-5-6-20)24-14-23(15-31-19(24)2)22-12-21-7-9-32(28(33)29(3,4)34)16-26(21)25(13-22)27-17-35-10-8-30-27/h11-15,20,27,30,34H,5-10,16-17H2,1-4H3/b18-11-/t27-/m0/s1. The van der Waals surface area contributed by atoms with Gasteiger partial charge in [0.15, 0.2) is 0 Å². The molecule has 2 N–H and O–H groups in total. The molecule has 186 valence electrons. The van der Waals surface area contributed by atoms with Gasteiger partial charge in [-0.25, -0.2) is 0 Å². The van der Waals surface area contributed by atoms with Gasteiger partial charge in [-0.15, -0.1) is 0 Å². The summed E-state index contributed by atoms with van der Waals surface area (Å²) in [6.07, 6.45) is 7.72. The van der Waals surface area contributed by atoms with E-state index in [-0.39, 0.29) is 11.9 Å². The maximum absolute atomic E-state index is 12.8. The van der Waals surface area contributed by atoms with Crippen molar-refractivity contribution in [3.8, 4) is 11.1 Å². The molecule has 0 radical (unpaired) electrons. The van der Waals surface area contributed by atoms with Gasteiger partial charge in [0.2, 0.25) is 0 Å². The van der Waals surface area contributed by atoms with Gasteiger partial charge in [0, 0.05) is 37.1 Å². The Morgan fingerprint density at radius 1 is 1.26 bits per heavy atom. The first kappa shape index (κ1) is 24.2. The van der Waals surface area contributed by atoms with Crippen molar-refractivity contribution >= 4 is 11.5 Å². The number of hydrogen-bond acceptors (Lipinski definition) is 5. The second-order valence-corrected chi connectivity index (χ2v) is 10.9. The molecule has 35 heavy (non-hydrogen) atoms. The maximum atomic E-state index is 12.8. The number of morpholine rings is 1. The molecule has 2 aliphatic heterocycles. The first-order chi connectivity index (χ1) is 16.7. The van der Waals surface area contributed by atoms with Gasteiger partial charge in [-0.05, 0) is 98.4 Å². The van der Waals surface area contributed by atoms with Crippen LogP contribution >= 0.6 is 0 Å². The molecule has 0 spiro atoms. The number of rotatable bonds is 5. The second kappa shape index (κ2) is 9.49. The maximum Gasteiger partial charge on any atom is 0.254 e. The zero-order valence-corrected chi connectivity index (χ0v) is 21.4. The van der Waals surface area contributed by atoms with E-state index in [0.717, 1.165) is 35.7 Å². The number of ether oxygens (including phenoxy) is 1. The Morgan fingerprint density at radius 2 is 2.06 bits per heavy atom. The fourth-order valence-corrected chi connectivity index (χ4v) is 5.30. The molecule has 6 heteroatoms. The summed E-state index contributed by atoms with van der Waals surface area (Å²) in [6.45, 7) is 10.6. The molecule has 2 aromatic rings. The minimum atomic E-state index is -1.38. The van der Waals surface area contributed by atoms with Crippen LogP contribution in [0.25, 0.3) is 16.7 Å². The van der Waals surface area contributed by atoms with Crippen molar-refractivity contribution in [2.45, 2.75) is 65.1 Å². The van der Waals surface area contributed by atoms with Gasteiger partial charge in [0.05, 0.1) is 19.3 Å². The van der Waals surface area contributed by atoms with Crippen LogP contribution in [0.1, 0.15) is 67.6 Å². The van der Waals surface area contributed by atoms with E-state index in [1.165, 1.54) is 40.7 Å². The lowest BCUT2D eigenvalue weighted by atomic mass is 9.86. The van der Waals surface area contributed by atoms with Crippen LogP contribution < -0.4 is 5.32 Å². The minimum absolute atomic E-state index is 0.0732. The fraction of sp³-hybridized carbons (Fsp3) is 0.517. The third kappa shape index (κ3) is 5.20. The van der Waals surface area contributed by atoms with Crippen LogP contribution in [0.4, 0.5) is 0 Å². The number of hydrogen-bond donors (Lipinski definition) is 2. The Morgan fingerprint density at radius 3 is 2.74 bits per heavy atom. The van der Waals surface area contributed by atoms with Crippen LogP contribution in [0.15, 0.2) is 30.5 Å². The Balaban J connectivity index is 1.55. The fourth-order valence-electron chi connectivity index (χ4n) is 5.30. The summed E-state index contributed by atoms with van der Waals surface area (Å²) in [5, 5.41) is 13.9. The van der Waals surface area contributed by atoms with Gasteiger partial charge in [0.1, 0.15) is 5.60 Å². The number of allylic oxidation sites excluding steroid dienone is 2. The number of aliphatic hydroxyl groups is 1. The van der Waals surface area contributed by atoms with Crippen LogP contribution in [0.2, 0.25) is 0 Å². The van der Waals surface area contributed by atoms with E-state index < -0.39 is 5.60 Å². The van der Waals surface area contributed by atoms with Crippen LogP contribution in [0, 0.1) is 12.8 Å². The second-order valence-electron chi connectivity index (χ2n) is 10.9. The third-order valence-electron chi connectivity index (χ3n) is 7.44. The first-order valence-corrected chi connectivity index (χ1v) is 12.8. The average molecular weight is 476 g/mol. The van der Waals surface area contributed by atoms with Crippen molar-refractivity contribution in [2.75, 3.05) is 26.3 Å². The molecule has 5 rings (SSSR count). The third-order valence-corrected chi connectivity index (χ3v) is 7.44. The Labute approximate surface area is 208 Å². The Hall–Kier alpha value is -2.54. The first-order valence-electron chi connectivity index (χ1n) is 12.8. The lowest BCUT2D eigenvalue weighted by Crippen LogP contribution is -2.47. The highest BCUT2D eigenvalue weighted by Crippen LogP contribution is 2.37. The average Bonchev–Trinajstić information content (AvgIpc) is 3.66. The number of aryl methyl sites for hydroxylation is 1. The summed E-state index contributed by atoms with van der Waals surface area (Å²) < 4.78 is 5.81. The number of carbonyl (C=O) groups excluding carboxylic acids is 1. The van der Waals surface area contributed by atoms with Crippen molar-refractivity contribution in [3.63, 3.8) is 0 Å². The molecule has 3 heterocycles. The number of carbonyl (C=O) groups is 1. The molecule has 1 aromatic heterocycles. The van der Waals surface area contributed by atoms with Gasteiger partial charge in [-0.3, -0.25) is 9.78 Å². The largest absolute Gasteiger partial charge is 0.381 e. The van der Waals surface area contributed by atoms with Crippen molar-refractivity contribution in [1.82, 2.24) is 15.2 Å². The highest BCUT2D eigenvalue weighted by molar-refractivity contribution is 5.84. The topological polar surface area (TPSA) is 74.7 Å². The number of pyridine rings is 1. The summed E-state index contributed by atoms with van der Waals surface area (Å²) in [5.74, 6) is 0.497. The molecule has 0 bridgehead atoms. The lowest BCUT2D eigenvalue weighted by molar-refractivity contribution is -0.148. The predicted octanol–water partition coefficient (Wildman–Crippen LogP) is 4.19. The van der Waals surface area contributed by atoms with Gasteiger partial charge >= 0.3 is 0 Å². The lowest BCUT2D eigenvalue weighted by Gasteiger charge is -2.36. The summed E-state index contributed by atoms with van der Waals surface area (Å²) >= 11 is 0. The van der Waals surface area contributed by atoms with E-state index in [1.54, 1.807) is 18.7 Å². The van der Waals surface area contributed by atoms with E-state index in [4.69, 9.17) is 9.72 Å². The Kier molecular flexibility index (Phi) is 6.55. The van der Waals surface area contributed by atoms with Gasteiger partial charge < -0.3 is 20.1 Å². The number of nitrogens with one attached hydrogen (secondary N) is 1. The van der Waals surface area contributed by atoms with Crippen molar-refractivity contribution in [3.05, 3.63) is 58.4 Å². The van der Waals surface area contributed by atoms with E-state index in [2.05, 4.69) is 43.4 Å². The quantitative estimate of drug-likeness (QED) is 0.678. The minimum Gasteiger partial charge on any atom is -0.381 e. The van der Waals surface area contributed by atoms with Crippen molar-refractivity contribution < 1.29 is 14.6 Å². The molecule has 3 aliphatic rings. The van der Waals surface area contributed by atoms with Crippen LogP contribution in [-0.4, -0.2) is 52.8 Å². The van der Waals surface area contributed by atoms with Crippen LogP contribution in [0.5, 0.6) is 0 Å². The molecule has 6 nitrogen and oxygen atoms in total. The Bertz CT molecular complexity index is 1150. The highest BCUT2D eigenvalue weighted by atomic mass is 16.5. The molecule has 1 aliphatic carbocycles. The number of benzene rings is 1. The normalized spacial score (nSPS) is 21.1. The van der Waals surface area contributed by atoms with Crippen LogP contribution in [0.3, 0.4) is 0 Å². The SMILES string of the molecule is C/C(=C/C1CC1)c1cc(-c2cc3c(c([C@@H]4COCCN4)c2)CN(C(=O)C(C)(C)O)CC3)cnc1C. The highest BCUT2D eigenvalue weighted by Gasteiger charge is 2.33. The molecule has 0 unspecified atom stereocenters. The predicted molar refractivity (Wildman–Crippen MR) is 138 cm³/mol. The zero-order valence-electron chi connectivity index (χ0n) is 21.4. The van der Waals surface area contributed by atoms with E-state index in [1.807, 2.05) is 6.20 Å². The summed E-state index contributed by atoms with van der Waals surface area (Å²) in [6, 6.07) is 6.87. The van der Waals surface area contributed by atoms with Crippen molar-refractivity contribution in [1.29, 1.82) is 0 Å². The molecule has 1 aromatic carbocycles. The van der Waals surface area contributed by atoms with E-state index in [9.17, 15) is 9.90 Å². The van der Waals surface area contributed by atoms with Gasteiger partial charge in [0.25, 0.3) is 5.91 Å². The number of nitrogens with zero attached hydrogens (tertiary/aromatic N) is 2. The number of amides is 1. The van der Waals surface area contributed by atoms with Crippen molar-refractivity contribution in [2.24, 2.45) is 5.92 Å². The number of aromatic nitrogens is 1. The van der Waals surface area contributed by atoms with E-state index in [0.29, 0.717) is 26.3 Å².